The van der Waals surface area contributed by atoms with Gasteiger partial charge >= 0.3 is 11.9 Å². The third kappa shape index (κ3) is 6.67. The molecule has 0 aromatic carbocycles. The van der Waals surface area contributed by atoms with Crippen LogP contribution >= 0.6 is 21.6 Å². The molecule has 126 valence electrons. The molecule has 0 spiro atoms. The number of esters is 2. The summed E-state index contributed by atoms with van der Waals surface area (Å²) in [5, 5.41) is 0. The molecule has 0 saturated heterocycles. The molecule has 0 rings (SSSR count). The van der Waals surface area contributed by atoms with Gasteiger partial charge in [0.2, 0.25) is 11.8 Å². The Morgan fingerprint density at radius 1 is 0.955 bits per heavy atom. The molecular weight excluding hydrogens is 332 g/mol. The summed E-state index contributed by atoms with van der Waals surface area (Å²) in [4.78, 5) is 46.8. The molecule has 0 bridgehead atoms. The van der Waals surface area contributed by atoms with E-state index in [2.05, 4.69) is 9.47 Å². The number of nitrogens with two attached hydrogens (primary N) is 1. The maximum atomic E-state index is 11.8. The van der Waals surface area contributed by atoms with Gasteiger partial charge in [0.05, 0.1) is 14.2 Å². The molecule has 2 N–H and O–H groups in total. The summed E-state index contributed by atoms with van der Waals surface area (Å²) in [5.41, 5.74) is 5.57. The smallest absolute Gasteiger partial charge is 0.329 e. The van der Waals surface area contributed by atoms with E-state index in [0.717, 1.165) is 4.90 Å². The second-order valence-electron chi connectivity index (χ2n) is 4.15. The summed E-state index contributed by atoms with van der Waals surface area (Å²) in [5.74, 6) is -1.91. The second-order valence-corrected chi connectivity index (χ2v) is 6.70. The highest BCUT2D eigenvalue weighted by Crippen LogP contribution is 2.25. The molecule has 0 radical (unpaired) electrons. The predicted molar refractivity (Wildman–Crippen MR) is 83.9 cm³/mol. The van der Waals surface area contributed by atoms with Crippen molar-refractivity contribution >= 4 is 45.3 Å². The first kappa shape index (κ1) is 20.7. The highest BCUT2D eigenvalue weighted by Gasteiger charge is 2.32. The number of methoxy groups -OCH3 is 2. The first-order valence-corrected chi connectivity index (χ1v) is 8.71. The average molecular weight is 352 g/mol. The minimum Gasteiger partial charge on any atom is -0.468 e. The van der Waals surface area contributed by atoms with E-state index < -0.39 is 35.8 Å². The van der Waals surface area contributed by atoms with Crippen LogP contribution in [0.4, 0.5) is 0 Å². The normalized spacial score (nSPS) is 13.0. The molecule has 0 saturated carbocycles. The fourth-order valence-electron chi connectivity index (χ4n) is 1.50. The first-order chi connectivity index (χ1) is 10.3. The minimum atomic E-state index is -1.02. The minimum absolute atomic E-state index is 0.129. The molecule has 0 aromatic rings. The monoisotopic (exact) mass is 352 g/mol. The van der Waals surface area contributed by atoms with Crippen molar-refractivity contribution in [1.29, 1.82) is 0 Å². The number of imide groups is 1. The van der Waals surface area contributed by atoms with Gasteiger partial charge in [-0.3, -0.25) is 19.3 Å². The van der Waals surface area contributed by atoms with Gasteiger partial charge in [-0.2, -0.15) is 0 Å². The molecule has 1 unspecified atom stereocenters. The van der Waals surface area contributed by atoms with Crippen LogP contribution in [0.25, 0.3) is 0 Å². The van der Waals surface area contributed by atoms with Crippen LogP contribution in [0.2, 0.25) is 0 Å². The maximum Gasteiger partial charge on any atom is 0.329 e. The van der Waals surface area contributed by atoms with Crippen molar-refractivity contribution in [2.75, 3.05) is 25.7 Å². The lowest BCUT2D eigenvalue weighted by molar-refractivity contribution is -0.157. The van der Waals surface area contributed by atoms with E-state index in [1.807, 2.05) is 0 Å². The number of carbonyl (C=O) groups is 4. The lowest BCUT2D eigenvalue weighted by Crippen LogP contribution is -2.48. The molecule has 0 aliphatic rings. The van der Waals surface area contributed by atoms with Crippen LogP contribution < -0.4 is 5.73 Å². The molecule has 22 heavy (non-hydrogen) atoms. The molecule has 0 aromatic heterocycles. The van der Waals surface area contributed by atoms with Crippen molar-refractivity contribution in [1.82, 2.24) is 4.90 Å². The molecule has 0 aliphatic carbocycles. The summed E-state index contributed by atoms with van der Waals surface area (Å²) in [6.07, 6.45) is 0. The zero-order valence-electron chi connectivity index (χ0n) is 12.9. The Balaban J connectivity index is 4.62. The lowest BCUT2D eigenvalue weighted by Gasteiger charge is -2.25. The number of hydrogen-bond acceptors (Lipinski definition) is 9. The standard InChI is InChI=1S/C12H20N2O6S2/c1-7(15)14(8(2)16)10(12(18)20-4)6-22-21-5-9(13)11(17)19-3/h9-10H,5-6,13H2,1-4H3/t9?,10-/m0/s1. The van der Waals surface area contributed by atoms with Gasteiger partial charge in [-0.1, -0.05) is 21.6 Å². The Labute approximate surface area is 136 Å². The number of amides is 2. The SMILES string of the molecule is COC(=O)C(N)CSSC[C@@H](C(=O)OC)N(C(C)=O)C(C)=O. The summed E-state index contributed by atoms with van der Waals surface area (Å²) in [7, 11) is 4.86. The molecule has 0 fully saturated rings. The van der Waals surface area contributed by atoms with Gasteiger partial charge in [0.25, 0.3) is 0 Å². The van der Waals surface area contributed by atoms with E-state index >= 15 is 0 Å². The molecule has 0 aliphatic heterocycles. The van der Waals surface area contributed by atoms with Crippen molar-refractivity contribution in [2.24, 2.45) is 5.73 Å². The number of nitrogens with zero attached hydrogens (tertiary/aromatic N) is 1. The summed E-state index contributed by atoms with van der Waals surface area (Å²) >= 11 is 0. The van der Waals surface area contributed by atoms with Crippen LogP contribution in [0.1, 0.15) is 13.8 Å². The average Bonchev–Trinajstić information content (AvgIpc) is 2.47. The Morgan fingerprint density at radius 3 is 1.82 bits per heavy atom. The van der Waals surface area contributed by atoms with E-state index in [1.54, 1.807) is 0 Å². The fourth-order valence-corrected chi connectivity index (χ4v) is 3.79. The Kier molecular flexibility index (Phi) is 9.86. The quantitative estimate of drug-likeness (QED) is 0.360. The summed E-state index contributed by atoms with van der Waals surface area (Å²) in [6, 6.07) is -1.80. The Morgan fingerprint density at radius 2 is 1.41 bits per heavy atom. The van der Waals surface area contributed by atoms with E-state index in [0.29, 0.717) is 0 Å². The Bertz CT molecular complexity index is 418. The second kappa shape index (κ2) is 10.5. The van der Waals surface area contributed by atoms with Crippen LogP contribution in [-0.2, 0) is 28.7 Å². The van der Waals surface area contributed by atoms with Crippen LogP contribution in [0.3, 0.4) is 0 Å². The highest BCUT2D eigenvalue weighted by atomic mass is 33.1. The van der Waals surface area contributed by atoms with E-state index in [1.165, 1.54) is 49.7 Å². The van der Waals surface area contributed by atoms with Crippen molar-refractivity contribution in [3.63, 3.8) is 0 Å². The molecular formula is C12H20N2O6S2. The van der Waals surface area contributed by atoms with Gasteiger partial charge in [0.1, 0.15) is 12.1 Å². The third-order valence-corrected chi connectivity index (χ3v) is 4.95. The molecule has 8 nitrogen and oxygen atoms in total. The predicted octanol–water partition coefficient (Wildman–Crippen LogP) is -0.195. The number of hydrogen-bond donors (Lipinski definition) is 1. The molecule has 0 heterocycles. The zero-order valence-corrected chi connectivity index (χ0v) is 14.5. The number of ether oxygens (including phenoxy) is 2. The van der Waals surface area contributed by atoms with Gasteiger partial charge in [0.15, 0.2) is 0 Å². The third-order valence-electron chi connectivity index (χ3n) is 2.52. The van der Waals surface area contributed by atoms with Crippen molar-refractivity contribution in [3.8, 4) is 0 Å². The number of rotatable bonds is 8. The van der Waals surface area contributed by atoms with Crippen molar-refractivity contribution < 1.29 is 28.7 Å². The van der Waals surface area contributed by atoms with Crippen LogP contribution in [0, 0.1) is 0 Å². The summed E-state index contributed by atoms with van der Waals surface area (Å²) in [6.45, 7) is 2.39. The van der Waals surface area contributed by atoms with Gasteiger partial charge in [-0.25, -0.2) is 4.79 Å². The van der Waals surface area contributed by atoms with Gasteiger partial charge < -0.3 is 15.2 Å². The molecule has 2 amide bonds. The largest absolute Gasteiger partial charge is 0.468 e. The zero-order chi connectivity index (χ0) is 17.3. The highest BCUT2D eigenvalue weighted by molar-refractivity contribution is 8.76. The first-order valence-electron chi connectivity index (χ1n) is 6.22. The topological polar surface area (TPSA) is 116 Å². The maximum absolute atomic E-state index is 11.8. The van der Waals surface area contributed by atoms with Crippen molar-refractivity contribution in [2.45, 2.75) is 25.9 Å². The molecule has 2 atom stereocenters. The van der Waals surface area contributed by atoms with Gasteiger partial charge in [-0.05, 0) is 0 Å². The van der Waals surface area contributed by atoms with Gasteiger partial charge in [-0.15, -0.1) is 0 Å². The van der Waals surface area contributed by atoms with Gasteiger partial charge in [0, 0.05) is 25.4 Å². The van der Waals surface area contributed by atoms with Crippen LogP contribution in [0.5, 0.6) is 0 Å². The van der Waals surface area contributed by atoms with Crippen molar-refractivity contribution in [3.05, 3.63) is 0 Å². The fraction of sp³-hybridized carbons (Fsp3) is 0.667. The van der Waals surface area contributed by atoms with E-state index in [-0.39, 0.29) is 11.5 Å². The number of carbonyl (C=O) groups excluding carboxylic acids is 4. The Hall–Kier alpha value is -1.26. The lowest BCUT2D eigenvalue weighted by atomic mass is 10.2. The molecule has 10 heteroatoms. The van der Waals surface area contributed by atoms with Crippen LogP contribution in [-0.4, -0.2) is 66.5 Å². The van der Waals surface area contributed by atoms with E-state index in [9.17, 15) is 19.2 Å². The van der Waals surface area contributed by atoms with Crippen LogP contribution in [0.15, 0.2) is 0 Å². The summed E-state index contributed by atoms with van der Waals surface area (Å²) < 4.78 is 9.11. The van der Waals surface area contributed by atoms with E-state index in [4.69, 9.17) is 5.73 Å².